The Morgan fingerprint density at radius 3 is 0.647 bits per heavy atom. The second-order valence-electron chi connectivity index (χ2n) is 18.9. The third-order valence-corrected chi connectivity index (χ3v) is 21.5. The molecule has 0 radical (unpaired) electrons. The number of alkyl halides is 39. The van der Waals surface area contributed by atoms with E-state index in [4.69, 9.17) is 21.5 Å². The molecule has 0 amide bonds. The highest BCUT2D eigenvalue weighted by Gasteiger charge is 2.94. The summed E-state index contributed by atoms with van der Waals surface area (Å²) in [6.45, 7) is 3.28. The van der Waals surface area contributed by atoms with Crippen molar-refractivity contribution in [1.29, 1.82) is 0 Å². The smallest absolute Gasteiger partial charge is 0.390 e. The van der Waals surface area contributed by atoms with Crippen LogP contribution in [0.15, 0.2) is 0 Å². The molecule has 0 aliphatic rings. The van der Waals surface area contributed by atoms with Crippen LogP contribution in [-0.4, -0.2) is 163 Å². The molecular weight excluding hydrogens is 1370 g/mol. The van der Waals surface area contributed by atoms with Gasteiger partial charge in [-0.2, -0.15) is 171 Å². The van der Waals surface area contributed by atoms with Gasteiger partial charge in [0.05, 0.1) is 0 Å². The summed E-state index contributed by atoms with van der Waals surface area (Å²) in [5.74, 6) is -125. The van der Waals surface area contributed by atoms with Gasteiger partial charge in [-0.25, -0.2) is 0 Å². The Hall–Kier alpha value is -2.36. The van der Waals surface area contributed by atoms with E-state index in [1.165, 1.54) is 0 Å². The third kappa shape index (κ3) is 15.0. The predicted octanol–water partition coefficient (Wildman–Crippen LogP) is 16.9. The van der Waals surface area contributed by atoms with E-state index in [0.717, 1.165) is 0 Å². The fourth-order valence-corrected chi connectivity index (χ4v) is 18.6. The van der Waals surface area contributed by atoms with Gasteiger partial charge in [0.15, 0.2) is 0 Å². The number of halogens is 39. The van der Waals surface area contributed by atoms with Crippen molar-refractivity contribution in [2.45, 2.75) is 225 Å². The van der Waals surface area contributed by atoms with Crippen molar-refractivity contribution in [3.63, 3.8) is 0 Å². The zero-order valence-electron chi connectivity index (χ0n) is 42.7. The first-order chi connectivity index (χ1) is 36.5. The first-order valence-corrected chi connectivity index (χ1v) is 28.0. The maximum absolute atomic E-state index is 15.6. The van der Waals surface area contributed by atoms with E-state index < -0.39 is 196 Å². The first-order valence-electron chi connectivity index (χ1n) is 22.2. The summed E-state index contributed by atoms with van der Waals surface area (Å²) in [5, 5.41) is 0. The molecule has 0 bridgehead atoms. The third-order valence-electron chi connectivity index (χ3n) is 10.5. The van der Waals surface area contributed by atoms with E-state index in [2.05, 4.69) is 4.43 Å². The summed E-state index contributed by atoms with van der Waals surface area (Å²) >= 11 is 0. The normalized spacial score (nSPS) is 17.6. The van der Waals surface area contributed by atoms with E-state index in [0.29, 0.717) is 55.4 Å². The van der Waals surface area contributed by atoms with Gasteiger partial charge in [0.1, 0.15) is 0 Å². The van der Waals surface area contributed by atoms with Gasteiger partial charge in [0.25, 0.3) is 0 Å². The molecule has 49 heteroatoms. The molecular formula is C36H41F39O7Si3. The molecule has 0 aromatic heterocycles. The van der Waals surface area contributed by atoms with Crippen LogP contribution in [-0.2, 0) is 25.9 Å². The maximum Gasteiger partial charge on any atom is 0.494 e. The van der Waals surface area contributed by atoms with E-state index in [9.17, 15) is 132 Å². The zero-order valence-corrected chi connectivity index (χ0v) is 45.7. The van der Waals surface area contributed by atoms with Crippen LogP contribution >= 0.6 is 0 Å². The zero-order chi connectivity index (χ0) is 69.3. The Kier molecular flexibility index (Phi) is 23.7. The summed E-state index contributed by atoms with van der Waals surface area (Å²) in [6.07, 6.45) is -44.9. The molecule has 2 atom stereocenters. The average Bonchev–Trinajstić information content (AvgIpc) is 3.24. The standard InChI is InChI=1S/C36H41F39O7Si3/c1-15(2)77-83(76,12-9-19(37,38)22(43,44)25(49,50)28(55,56)31(61,62)34(67,68)69)81-85(80-18(7)8,14-11-21(41,42)24(47,48)27(53,54)30(59,60)33(65,66)36(73,74)75)82-84(78-16(3)4,79-17(5)6)13-10-20(39,40)23(45,46)26(51,52)29(57,58)32(63,64)35(70,71)72/h15-18,76H,9-14H2,1-8H3. The van der Waals surface area contributed by atoms with E-state index in [1.54, 1.807) is 0 Å². The average molecular weight is 1410 g/mol. The van der Waals surface area contributed by atoms with Crippen LogP contribution in [0.1, 0.15) is 74.7 Å². The molecule has 0 saturated carbocycles. The number of hydrogen-bond donors (Lipinski definition) is 1. The predicted molar refractivity (Wildman–Crippen MR) is 207 cm³/mol. The molecule has 2 unspecified atom stereocenters. The second kappa shape index (κ2) is 24.4. The SMILES string of the molecule is CC(C)O[Si](O)(CCC(F)(F)C(F)(F)C(F)(F)C(F)(F)C(F)(F)C(F)(F)F)O[Si](CCC(F)(F)C(F)(F)C(F)(F)C(F)(F)C(F)(F)C(F)(F)F)(OC(C)C)O[Si](CCC(F)(F)C(F)(F)C(F)(F)C(F)(F)C(F)(F)C(F)(F)F)(OC(C)C)OC(C)C. The van der Waals surface area contributed by atoms with Gasteiger partial charge in [-0.1, -0.05) is 0 Å². The highest BCUT2D eigenvalue weighted by Crippen LogP contribution is 2.65. The molecule has 0 aromatic rings. The van der Waals surface area contributed by atoms with Crippen LogP contribution < -0.4 is 0 Å². The minimum atomic E-state index is -8.82. The van der Waals surface area contributed by atoms with Gasteiger partial charge in [-0.15, -0.1) is 0 Å². The van der Waals surface area contributed by atoms with Gasteiger partial charge >= 0.3 is 134 Å². The molecule has 0 spiro atoms. The van der Waals surface area contributed by atoms with Crippen molar-refractivity contribution >= 4 is 26.4 Å². The van der Waals surface area contributed by atoms with Crippen LogP contribution in [0.25, 0.3) is 0 Å². The lowest BCUT2D eigenvalue weighted by Crippen LogP contribution is -2.71. The van der Waals surface area contributed by atoms with Crippen LogP contribution in [0.5, 0.6) is 0 Å². The quantitative estimate of drug-likeness (QED) is 0.0518. The summed E-state index contributed by atoms with van der Waals surface area (Å²) in [5.41, 5.74) is 0. The van der Waals surface area contributed by atoms with Gasteiger partial charge in [0.2, 0.25) is 0 Å². The van der Waals surface area contributed by atoms with Crippen LogP contribution in [0.4, 0.5) is 171 Å². The van der Waals surface area contributed by atoms with Crippen LogP contribution in [0.2, 0.25) is 18.1 Å². The molecule has 85 heavy (non-hydrogen) atoms. The minimum absolute atomic E-state index is 0.316. The maximum atomic E-state index is 15.6. The van der Waals surface area contributed by atoms with E-state index in [1.807, 2.05) is 0 Å². The Bertz CT molecular complexity index is 2190. The molecule has 0 heterocycles. The molecule has 0 fully saturated rings. The highest BCUT2D eigenvalue weighted by molar-refractivity contribution is 6.80. The molecule has 0 saturated heterocycles. The van der Waals surface area contributed by atoms with Crippen LogP contribution in [0.3, 0.4) is 0 Å². The Morgan fingerprint density at radius 1 is 0.247 bits per heavy atom. The first kappa shape index (κ1) is 82.6. The number of hydrogen-bond acceptors (Lipinski definition) is 7. The number of rotatable bonds is 33. The molecule has 7 nitrogen and oxygen atoms in total. The Morgan fingerprint density at radius 2 is 0.435 bits per heavy atom. The van der Waals surface area contributed by atoms with Crippen molar-refractivity contribution in [3.8, 4) is 0 Å². The summed E-state index contributed by atoms with van der Waals surface area (Å²) in [7, 11) is -22.0. The van der Waals surface area contributed by atoms with Gasteiger partial charge < -0.3 is 30.7 Å². The monoisotopic (exact) mass is 1410 g/mol. The lowest BCUT2D eigenvalue weighted by molar-refractivity contribution is -0.440. The lowest BCUT2D eigenvalue weighted by Gasteiger charge is -2.45. The van der Waals surface area contributed by atoms with E-state index >= 15 is 43.9 Å². The summed E-state index contributed by atoms with van der Waals surface area (Å²) in [4.78, 5) is 11.5. The lowest BCUT2D eigenvalue weighted by atomic mass is 9.93. The van der Waals surface area contributed by atoms with Crippen molar-refractivity contribution in [2.24, 2.45) is 0 Å². The minimum Gasteiger partial charge on any atom is -0.390 e. The van der Waals surface area contributed by atoms with Crippen molar-refractivity contribution in [2.75, 3.05) is 0 Å². The molecule has 512 valence electrons. The summed E-state index contributed by atoms with van der Waals surface area (Å²) in [6, 6.07) is -9.35. The largest absolute Gasteiger partial charge is 0.494 e. The molecule has 0 aliphatic heterocycles. The topological polar surface area (TPSA) is 75.6 Å². The molecule has 0 rings (SSSR count). The van der Waals surface area contributed by atoms with Gasteiger partial charge in [-0.3, -0.25) is 0 Å². The van der Waals surface area contributed by atoms with E-state index in [-0.39, 0.29) is 0 Å². The molecule has 1 N–H and O–H groups in total. The van der Waals surface area contributed by atoms with Crippen molar-refractivity contribution in [1.82, 2.24) is 0 Å². The van der Waals surface area contributed by atoms with Gasteiger partial charge in [0, 0.05) is 61.8 Å². The second-order valence-corrected chi connectivity index (χ2v) is 27.2. The van der Waals surface area contributed by atoms with Crippen LogP contribution in [0, 0.1) is 0 Å². The van der Waals surface area contributed by atoms with Crippen molar-refractivity contribution < 1.29 is 202 Å². The molecule has 0 aromatic carbocycles. The molecule has 0 aliphatic carbocycles. The summed E-state index contributed by atoms with van der Waals surface area (Å²) < 4.78 is 581. The highest BCUT2D eigenvalue weighted by atomic mass is 28.5. The van der Waals surface area contributed by atoms with Crippen molar-refractivity contribution in [3.05, 3.63) is 0 Å². The Labute approximate surface area is 453 Å². The fourth-order valence-electron chi connectivity index (χ4n) is 6.35. The fraction of sp³-hybridized carbons (Fsp3) is 1.00. The van der Waals surface area contributed by atoms with Gasteiger partial charge in [-0.05, 0) is 55.4 Å². The Balaban J connectivity index is 9.14.